The number of rotatable bonds is 4. The zero-order valence-electron chi connectivity index (χ0n) is 10.8. The fourth-order valence-electron chi connectivity index (χ4n) is 2.39. The maximum Gasteiger partial charge on any atom is 0.0692 e. The molecule has 2 aromatic heterocycles. The monoisotopic (exact) mass is 268 g/mol. The predicted octanol–water partition coefficient (Wildman–Crippen LogP) is 4.00. The maximum absolute atomic E-state index is 4.39. The molecule has 0 saturated heterocycles. The van der Waals surface area contributed by atoms with E-state index in [-0.39, 0.29) is 6.04 Å². The largest absolute Gasteiger partial charge is 0.306 e. The number of fused-ring (bicyclic) bond motifs is 1. The van der Waals surface area contributed by atoms with E-state index in [2.05, 4.69) is 59.0 Å². The molecule has 0 aliphatic heterocycles. The molecule has 1 N–H and O–H groups in total. The number of hydrogen-bond donors (Lipinski definition) is 1. The lowest BCUT2D eigenvalue weighted by atomic mass is 10.0. The van der Waals surface area contributed by atoms with Crippen molar-refractivity contribution in [2.24, 2.45) is 0 Å². The van der Waals surface area contributed by atoms with Crippen molar-refractivity contribution in [3.8, 4) is 0 Å². The van der Waals surface area contributed by atoms with Crippen LogP contribution in [0.3, 0.4) is 0 Å². The number of aromatic nitrogens is 1. The van der Waals surface area contributed by atoms with E-state index in [0.29, 0.717) is 0 Å². The highest BCUT2D eigenvalue weighted by Gasteiger charge is 2.16. The van der Waals surface area contributed by atoms with E-state index in [0.717, 1.165) is 6.54 Å². The van der Waals surface area contributed by atoms with Crippen molar-refractivity contribution >= 4 is 22.1 Å². The van der Waals surface area contributed by atoms with Crippen molar-refractivity contribution < 1.29 is 0 Å². The Labute approximate surface area is 117 Å². The molecule has 0 fully saturated rings. The van der Waals surface area contributed by atoms with Crippen molar-refractivity contribution in [2.45, 2.75) is 13.0 Å². The van der Waals surface area contributed by atoms with Gasteiger partial charge in [0, 0.05) is 28.2 Å². The second-order valence-corrected chi connectivity index (χ2v) is 5.44. The first-order valence-corrected chi connectivity index (χ1v) is 7.37. The number of benzene rings is 1. The van der Waals surface area contributed by atoms with Crippen LogP contribution in [0.5, 0.6) is 0 Å². The first-order chi connectivity index (χ1) is 9.40. The summed E-state index contributed by atoms with van der Waals surface area (Å²) in [6, 6.07) is 12.9. The van der Waals surface area contributed by atoms with E-state index in [1.807, 2.05) is 12.4 Å². The van der Waals surface area contributed by atoms with Gasteiger partial charge in [-0.3, -0.25) is 4.98 Å². The van der Waals surface area contributed by atoms with Crippen LogP contribution in [0, 0.1) is 0 Å². The third kappa shape index (κ3) is 2.39. The molecule has 0 aliphatic rings. The number of nitrogens with one attached hydrogen (secondary N) is 1. The van der Waals surface area contributed by atoms with Gasteiger partial charge in [-0.25, -0.2) is 0 Å². The summed E-state index contributed by atoms with van der Waals surface area (Å²) < 4.78 is 0. The molecule has 1 aromatic carbocycles. The second kappa shape index (κ2) is 5.51. The van der Waals surface area contributed by atoms with E-state index in [4.69, 9.17) is 0 Å². The molecular weight excluding hydrogens is 252 g/mol. The van der Waals surface area contributed by atoms with Gasteiger partial charge in [-0.05, 0) is 23.4 Å². The molecule has 0 aliphatic carbocycles. The van der Waals surface area contributed by atoms with Gasteiger partial charge in [0.05, 0.1) is 6.04 Å². The zero-order chi connectivity index (χ0) is 13.1. The molecule has 0 saturated carbocycles. The van der Waals surface area contributed by atoms with Crippen LogP contribution in [-0.4, -0.2) is 11.5 Å². The topological polar surface area (TPSA) is 24.9 Å². The molecule has 2 heterocycles. The van der Waals surface area contributed by atoms with Crippen LogP contribution in [0.15, 0.2) is 54.2 Å². The van der Waals surface area contributed by atoms with Gasteiger partial charge in [0.15, 0.2) is 0 Å². The second-order valence-electron chi connectivity index (χ2n) is 4.46. The average Bonchev–Trinajstić information content (AvgIpc) is 2.98. The standard InChI is InChI=1S/C16H16N2S/c1-2-18-16(15-8-5-9-19-15)14-11-17-10-12-6-3-4-7-13(12)14/h3-11,16,18H,2H2,1H3. The molecule has 0 bridgehead atoms. The highest BCUT2D eigenvalue weighted by molar-refractivity contribution is 7.10. The van der Waals surface area contributed by atoms with Gasteiger partial charge in [0.1, 0.15) is 0 Å². The zero-order valence-corrected chi connectivity index (χ0v) is 11.7. The Morgan fingerprint density at radius 2 is 2.05 bits per heavy atom. The molecule has 1 unspecified atom stereocenters. The molecule has 0 radical (unpaired) electrons. The van der Waals surface area contributed by atoms with Gasteiger partial charge < -0.3 is 5.32 Å². The lowest BCUT2D eigenvalue weighted by Crippen LogP contribution is -2.21. The fourth-order valence-corrected chi connectivity index (χ4v) is 3.21. The first-order valence-electron chi connectivity index (χ1n) is 6.49. The Bertz CT molecular complexity index is 656. The van der Waals surface area contributed by atoms with Crippen molar-refractivity contribution in [2.75, 3.05) is 6.54 Å². The Balaban J connectivity index is 2.15. The average molecular weight is 268 g/mol. The molecule has 3 heteroatoms. The Hall–Kier alpha value is -1.71. The number of pyridine rings is 1. The minimum atomic E-state index is 0.226. The molecule has 0 spiro atoms. The van der Waals surface area contributed by atoms with Crippen LogP contribution in [-0.2, 0) is 0 Å². The minimum absolute atomic E-state index is 0.226. The van der Waals surface area contributed by atoms with Crippen LogP contribution in [0.4, 0.5) is 0 Å². The van der Waals surface area contributed by atoms with Crippen molar-refractivity contribution in [1.82, 2.24) is 10.3 Å². The summed E-state index contributed by atoms with van der Waals surface area (Å²) in [5.41, 5.74) is 1.25. The van der Waals surface area contributed by atoms with E-state index in [9.17, 15) is 0 Å². The normalized spacial score (nSPS) is 12.7. The summed E-state index contributed by atoms with van der Waals surface area (Å²) in [5.74, 6) is 0. The Kier molecular flexibility index (Phi) is 3.58. The number of nitrogens with zero attached hydrogens (tertiary/aromatic N) is 1. The first kappa shape index (κ1) is 12.3. The van der Waals surface area contributed by atoms with E-state index in [1.54, 1.807) is 11.3 Å². The molecule has 96 valence electrons. The number of thiophene rings is 1. The SMILES string of the molecule is CCNC(c1cccs1)c1cncc2ccccc12. The third-order valence-electron chi connectivity index (χ3n) is 3.25. The van der Waals surface area contributed by atoms with Gasteiger partial charge in [0.25, 0.3) is 0 Å². The highest BCUT2D eigenvalue weighted by atomic mass is 32.1. The van der Waals surface area contributed by atoms with E-state index in [1.165, 1.54) is 21.2 Å². The Morgan fingerprint density at radius 1 is 1.16 bits per heavy atom. The number of hydrogen-bond acceptors (Lipinski definition) is 3. The molecule has 19 heavy (non-hydrogen) atoms. The van der Waals surface area contributed by atoms with Crippen LogP contribution in [0.2, 0.25) is 0 Å². The summed E-state index contributed by atoms with van der Waals surface area (Å²) in [7, 11) is 0. The van der Waals surface area contributed by atoms with E-state index >= 15 is 0 Å². The fraction of sp³-hybridized carbons (Fsp3) is 0.188. The summed E-state index contributed by atoms with van der Waals surface area (Å²) in [4.78, 5) is 5.72. The summed E-state index contributed by atoms with van der Waals surface area (Å²) in [6.07, 6.45) is 3.91. The summed E-state index contributed by atoms with van der Waals surface area (Å²) >= 11 is 1.78. The van der Waals surface area contributed by atoms with Crippen LogP contribution in [0.1, 0.15) is 23.4 Å². The maximum atomic E-state index is 4.39. The molecule has 3 aromatic rings. The lowest BCUT2D eigenvalue weighted by Gasteiger charge is -2.18. The van der Waals surface area contributed by atoms with Crippen LogP contribution < -0.4 is 5.32 Å². The quantitative estimate of drug-likeness (QED) is 0.773. The lowest BCUT2D eigenvalue weighted by molar-refractivity contribution is 0.642. The van der Waals surface area contributed by atoms with E-state index < -0.39 is 0 Å². The predicted molar refractivity (Wildman–Crippen MR) is 81.6 cm³/mol. The summed E-state index contributed by atoms with van der Waals surface area (Å²) in [5, 5.41) is 8.16. The van der Waals surface area contributed by atoms with Gasteiger partial charge in [0.2, 0.25) is 0 Å². The van der Waals surface area contributed by atoms with Crippen molar-refractivity contribution in [3.05, 3.63) is 64.6 Å². The van der Waals surface area contributed by atoms with Gasteiger partial charge in [-0.15, -0.1) is 11.3 Å². The highest BCUT2D eigenvalue weighted by Crippen LogP contribution is 2.30. The van der Waals surface area contributed by atoms with Crippen LogP contribution >= 0.6 is 11.3 Å². The minimum Gasteiger partial charge on any atom is -0.306 e. The summed E-state index contributed by atoms with van der Waals surface area (Å²) in [6.45, 7) is 3.07. The molecule has 2 nitrogen and oxygen atoms in total. The van der Waals surface area contributed by atoms with Crippen molar-refractivity contribution in [1.29, 1.82) is 0 Å². The molecule has 0 amide bonds. The van der Waals surface area contributed by atoms with Crippen molar-refractivity contribution in [3.63, 3.8) is 0 Å². The van der Waals surface area contributed by atoms with Crippen LogP contribution in [0.25, 0.3) is 10.8 Å². The van der Waals surface area contributed by atoms with Gasteiger partial charge >= 0.3 is 0 Å². The molecular formula is C16H16N2S. The van der Waals surface area contributed by atoms with Gasteiger partial charge in [-0.1, -0.05) is 37.3 Å². The smallest absolute Gasteiger partial charge is 0.0692 e. The molecule has 1 atom stereocenters. The molecule has 3 rings (SSSR count). The third-order valence-corrected chi connectivity index (χ3v) is 4.18. The van der Waals surface area contributed by atoms with Gasteiger partial charge in [-0.2, -0.15) is 0 Å². The Morgan fingerprint density at radius 3 is 2.84 bits per heavy atom.